The SMILES string of the molecule is O=c1cc(CC23CC4CC(CC(C4)C2)C3)nc[nH]1. The Kier molecular flexibility index (Phi) is 2.21. The van der Waals surface area contributed by atoms with Crippen molar-refractivity contribution in [3.05, 3.63) is 28.4 Å². The fourth-order valence-electron chi connectivity index (χ4n) is 5.40. The largest absolute Gasteiger partial charge is 0.313 e. The summed E-state index contributed by atoms with van der Waals surface area (Å²) in [6.07, 6.45) is 11.2. The molecule has 3 heteroatoms. The lowest BCUT2D eigenvalue weighted by Gasteiger charge is -2.57. The standard InChI is InChI=1S/C15H20N2O/c18-14-4-13(16-9-17-14)8-15-5-10-1-11(6-15)3-12(2-10)7-15/h4,9-12H,1-3,5-8H2,(H,16,17,18). The lowest BCUT2D eigenvalue weighted by molar-refractivity contribution is -0.0526. The van der Waals surface area contributed by atoms with E-state index < -0.39 is 0 Å². The lowest BCUT2D eigenvalue weighted by atomic mass is 9.48. The van der Waals surface area contributed by atoms with Crippen LogP contribution in [-0.2, 0) is 6.42 Å². The van der Waals surface area contributed by atoms with E-state index in [1.165, 1.54) is 38.5 Å². The normalized spacial score (nSPS) is 41.2. The van der Waals surface area contributed by atoms with Gasteiger partial charge in [0, 0.05) is 11.8 Å². The van der Waals surface area contributed by atoms with Crippen molar-refractivity contribution >= 4 is 0 Å². The smallest absolute Gasteiger partial charge is 0.250 e. The molecule has 0 radical (unpaired) electrons. The highest BCUT2D eigenvalue weighted by atomic mass is 16.1. The first-order valence-electron chi connectivity index (χ1n) is 7.24. The Morgan fingerprint density at radius 1 is 1.17 bits per heavy atom. The van der Waals surface area contributed by atoms with Crippen LogP contribution in [0.5, 0.6) is 0 Å². The molecule has 4 fully saturated rings. The van der Waals surface area contributed by atoms with Crippen LogP contribution in [0, 0.1) is 23.2 Å². The molecule has 0 aromatic carbocycles. The fourth-order valence-corrected chi connectivity index (χ4v) is 5.40. The van der Waals surface area contributed by atoms with Crippen LogP contribution in [0.2, 0.25) is 0 Å². The third-order valence-corrected chi connectivity index (χ3v) is 5.46. The van der Waals surface area contributed by atoms with Gasteiger partial charge in [-0.05, 0) is 68.1 Å². The Balaban J connectivity index is 1.62. The molecule has 4 aliphatic carbocycles. The highest BCUT2D eigenvalue weighted by Crippen LogP contribution is 2.60. The third-order valence-electron chi connectivity index (χ3n) is 5.46. The summed E-state index contributed by atoms with van der Waals surface area (Å²) in [7, 11) is 0. The molecule has 5 rings (SSSR count). The minimum Gasteiger partial charge on any atom is -0.313 e. The van der Waals surface area contributed by atoms with Crippen LogP contribution in [0.4, 0.5) is 0 Å². The second-order valence-electron chi connectivity index (χ2n) is 7.00. The summed E-state index contributed by atoms with van der Waals surface area (Å²) in [6.45, 7) is 0. The van der Waals surface area contributed by atoms with Gasteiger partial charge in [-0.15, -0.1) is 0 Å². The van der Waals surface area contributed by atoms with E-state index in [4.69, 9.17) is 0 Å². The molecule has 0 atom stereocenters. The zero-order valence-electron chi connectivity index (χ0n) is 10.7. The van der Waals surface area contributed by atoms with E-state index in [1.807, 2.05) is 0 Å². The third kappa shape index (κ3) is 1.72. The molecule has 1 aromatic rings. The van der Waals surface area contributed by atoms with Gasteiger partial charge in [0.2, 0.25) is 0 Å². The number of aromatic amines is 1. The van der Waals surface area contributed by atoms with Gasteiger partial charge in [0.15, 0.2) is 0 Å². The molecule has 4 aliphatic rings. The quantitative estimate of drug-likeness (QED) is 0.869. The zero-order valence-corrected chi connectivity index (χ0v) is 10.7. The maximum absolute atomic E-state index is 11.4. The van der Waals surface area contributed by atoms with Crippen molar-refractivity contribution < 1.29 is 0 Å². The Labute approximate surface area is 107 Å². The van der Waals surface area contributed by atoms with E-state index in [0.717, 1.165) is 29.9 Å². The summed E-state index contributed by atoms with van der Waals surface area (Å²) < 4.78 is 0. The van der Waals surface area contributed by atoms with Gasteiger partial charge in [-0.3, -0.25) is 4.79 Å². The molecule has 0 spiro atoms. The topological polar surface area (TPSA) is 45.8 Å². The van der Waals surface area contributed by atoms with Crippen LogP contribution in [0.1, 0.15) is 44.2 Å². The average molecular weight is 244 g/mol. The minimum atomic E-state index is -0.00951. The van der Waals surface area contributed by atoms with Crippen molar-refractivity contribution in [3.63, 3.8) is 0 Å². The molecule has 1 aromatic heterocycles. The number of nitrogens with one attached hydrogen (secondary N) is 1. The Morgan fingerprint density at radius 2 is 1.78 bits per heavy atom. The molecule has 0 aliphatic heterocycles. The lowest BCUT2D eigenvalue weighted by Crippen LogP contribution is -2.47. The molecule has 4 saturated carbocycles. The predicted molar refractivity (Wildman–Crippen MR) is 69.2 cm³/mol. The molecule has 0 unspecified atom stereocenters. The summed E-state index contributed by atoms with van der Waals surface area (Å²) >= 11 is 0. The van der Waals surface area contributed by atoms with E-state index in [0.29, 0.717) is 5.41 Å². The van der Waals surface area contributed by atoms with E-state index in [1.54, 1.807) is 12.4 Å². The zero-order chi connectivity index (χ0) is 12.2. The van der Waals surface area contributed by atoms with Crippen molar-refractivity contribution in [1.82, 2.24) is 9.97 Å². The Morgan fingerprint density at radius 3 is 2.33 bits per heavy atom. The average Bonchev–Trinajstić information content (AvgIpc) is 2.25. The molecule has 4 bridgehead atoms. The van der Waals surface area contributed by atoms with Crippen LogP contribution in [0.3, 0.4) is 0 Å². The minimum absolute atomic E-state index is 0.00951. The Bertz CT molecular complexity index is 484. The summed E-state index contributed by atoms with van der Waals surface area (Å²) in [4.78, 5) is 18.4. The summed E-state index contributed by atoms with van der Waals surface area (Å²) in [6, 6.07) is 1.69. The monoisotopic (exact) mass is 244 g/mol. The van der Waals surface area contributed by atoms with E-state index in [-0.39, 0.29) is 5.56 Å². The number of H-pyrrole nitrogens is 1. The summed E-state index contributed by atoms with van der Waals surface area (Å²) in [5.74, 6) is 2.91. The van der Waals surface area contributed by atoms with Crippen molar-refractivity contribution in [2.75, 3.05) is 0 Å². The first-order valence-corrected chi connectivity index (χ1v) is 7.24. The van der Waals surface area contributed by atoms with Gasteiger partial charge in [-0.2, -0.15) is 0 Å². The van der Waals surface area contributed by atoms with Gasteiger partial charge in [0.25, 0.3) is 5.56 Å². The molecular weight excluding hydrogens is 224 g/mol. The highest BCUT2D eigenvalue weighted by molar-refractivity contribution is 5.09. The molecule has 1 N–H and O–H groups in total. The first-order chi connectivity index (χ1) is 8.71. The number of rotatable bonds is 2. The van der Waals surface area contributed by atoms with E-state index in [9.17, 15) is 4.79 Å². The highest BCUT2D eigenvalue weighted by Gasteiger charge is 2.50. The van der Waals surface area contributed by atoms with Gasteiger partial charge in [0.05, 0.1) is 6.33 Å². The predicted octanol–water partition coefficient (Wildman–Crippen LogP) is 2.53. The van der Waals surface area contributed by atoms with Gasteiger partial charge in [-0.25, -0.2) is 4.98 Å². The van der Waals surface area contributed by atoms with Crippen LogP contribution in [0.15, 0.2) is 17.2 Å². The van der Waals surface area contributed by atoms with Gasteiger partial charge < -0.3 is 4.98 Å². The second kappa shape index (κ2) is 3.69. The van der Waals surface area contributed by atoms with Crippen molar-refractivity contribution in [1.29, 1.82) is 0 Å². The molecule has 18 heavy (non-hydrogen) atoms. The summed E-state index contributed by atoms with van der Waals surface area (Å²) in [5.41, 5.74) is 1.47. The molecule has 0 saturated heterocycles. The molecule has 0 amide bonds. The van der Waals surface area contributed by atoms with E-state index in [2.05, 4.69) is 9.97 Å². The van der Waals surface area contributed by atoms with Crippen LogP contribution in [-0.4, -0.2) is 9.97 Å². The molecular formula is C15H20N2O. The van der Waals surface area contributed by atoms with Crippen molar-refractivity contribution in [2.24, 2.45) is 23.2 Å². The van der Waals surface area contributed by atoms with Gasteiger partial charge in [-0.1, -0.05) is 0 Å². The fraction of sp³-hybridized carbons (Fsp3) is 0.733. The van der Waals surface area contributed by atoms with Gasteiger partial charge >= 0.3 is 0 Å². The number of hydrogen-bond donors (Lipinski definition) is 1. The first kappa shape index (κ1) is 10.8. The van der Waals surface area contributed by atoms with Crippen LogP contribution >= 0.6 is 0 Å². The van der Waals surface area contributed by atoms with Crippen molar-refractivity contribution in [2.45, 2.75) is 44.9 Å². The van der Waals surface area contributed by atoms with Crippen LogP contribution < -0.4 is 5.56 Å². The number of aromatic nitrogens is 2. The van der Waals surface area contributed by atoms with Crippen molar-refractivity contribution in [3.8, 4) is 0 Å². The second-order valence-corrected chi connectivity index (χ2v) is 7.00. The van der Waals surface area contributed by atoms with Crippen LogP contribution in [0.25, 0.3) is 0 Å². The molecule has 3 nitrogen and oxygen atoms in total. The molecule has 96 valence electrons. The summed E-state index contributed by atoms with van der Waals surface area (Å²) in [5, 5.41) is 0. The number of hydrogen-bond acceptors (Lipinski definition) is 2. The number of nitrogens with zero attached hydrogens (tertiary/aromatic N) is 1. The van der Waals surface area contributed by atoms with E-state index >= 15 is 0 Å². The molecule has 1 heterocycles. The Hall–Kier alpha value is -1.12. The van der Waals surface area contributed by atoms with Gasteiger partial charge in [0.1, 0.15) is 0 Å². The maximum atomic E-state index is 11.4. The maximum Gasteiger partial charge on any atom is 0.250 e.